The number of nitrogens with zero attached hydrogens (tertiary/aromatic N) is 3. The number of methoxy groups -OCH3 is 1. The number of anilines is 1. The summed E-state index contributed by atoms with van der Waals surface area (Å²) in [4.78, 5) is 45.4. The quantitative estimate of drug-likeness (QED) is 0.298. The monoisotopic (exact) mass is 542 g/mol. The third kappa shape index (κ3) is 5.35. The van der Waals surface area contributed by atoms with Crippen molar-refractivity contribution in [3.63, 3.8) is 0 Å². The maximum Gasteiger partial charge on any atom is 0.337 e. The minimum atomic E-state index is -0.492. The molecule has 1 aliphatic rings. The average molecular weight is 543 g/mol. The number of hydrogen-bond acceptors (Lipinski definition) is 6. The van der Waals surface area contributed by atoms with E-state index in [4.69, 9.17) is 17.0 Å². The molecule has 1 amide bonds. The van der Waals surface area contributed by atoms with Crippen LogP contribution >= 0.6 is 12.2 Å². The summed E-state index contributed by atoms with van der Waals surface area (Å²) >= 11 is 5.46. The number of H-pyrrole nitrogens is 1. The van der Waals surface area contributed by atoms with E-state index in [-0.39, 0.29) is 16.2 Å². The third-order valence-electron chi connectivity index (χ3n) is 7.21. The molecule has 1 saturated heterocycles. The number of aryl methyl sites for hydroxylation is 2. The Labute approximate surface area is 231 Å². The number of amides is 1. The number of aromatic amines is 1. The minimum Gasteiger partial charge on any atom is -0.465 e. The largest absolute Gasteiger partial charge is 0.465 e. The van der Waals surface area contributed by atoms with Crippen LogP contribution in [0.15, 0.2) is 65.5 Å². The number of piperazine rings is 1. The molecule has 9 heteroatoms. The Bertz CT molecular complexity index is 1680. The minimum absolute atomic E-state index is 0.0879. The molecule has 3 aromatic carbocycles. The predicted octanol–water partition coefficient (Wildman–Crippen LogP) is 4.34. The molecule has 1 aromatic heterocycles. The molecular formula is C30H30N4O4S. The highest BCUT2D eigenvalue weighted by atomic mass is 32.1. The first-order valence-electron chi connectivity index (χ1n) is 12.8. The zero-order valence-corrected chi connectivity index (χ0v) is 23.0. The van der Waals surface area contributed by atoms with Crippen LogP contribution < -0.4 is 10.5 Å². The Hall–Kier alpha value is -4.24. The third-order valence-corrected chi connectivity index (χ3v) is 7.49. The van der Waals surface area contributed by atoms with Crippen molar-refractivity contribution in [3.05, 3.63) is 98.0 Å². The Morgan fingerprint density at radius 2 is 1.67 bits per heavy atom. The number of esters is 1. The van der Waals surface area contributed by atoms with Gasteiger partial charge in [0.25, 0.3) is 5.56 Å². The SMILES string of the molecule is COC(=O)c1ccc2c(=O)n(-c3ccc(CC(=O)N4CCN(c5cc(C)ccc5C)CC4)cc3)c(=S)[nH]c2c1. The van der Waals surface area contributed by atoms with Crippen LogP contribution in [0.5, 0.6) is 0 Å². The molecule has 0 bridgehead atoms. The number of fused-ring (bicyclic) bond motifs is 1. The molecule has 0 atom stereocenters. The highest BCUT2D eigenvalue weighted by Gasteiger charge is 2.22. The molecule has 39 heavy (non-hydrogen) atoms. The molecule has 0 spiro atoms. The van der Waals surface area contributed by atoms with Crippen molar-refractivity contribution in [1.82, 2.24) is 14.5 Å². The fourth-order valence-corrected chi connectivity index (χ4v) is 5.30. The van der Waals surface area contributed by atoms with Crippen molar-refractivity contribution in [1.29, 1.82) is 0 Å². The number of nitrogens with one attached hydrogen (secondary N) is 1. The van der Waals surface area contributed by atoms with E-state index in [0.717, 1.165) is 18.7 Å². The van der Waals surface area contributed by atoms with E-state index in [1.54, 1.807) is 30.3 Å². The van der Waals surface area contributed by atoms with Gasteiger partial charge in [-0.05, 0) is 79.2 Å². The van der Waals surface area contributed by atoms with Gasteiger partial charge in [-0.1, -0.05) is 24.3 Å². The molecule has 4 aromatic rings. The standard InChI is InChI=1S/C30H30N4O4S/c1-19-4-5-20(2)26(16-19)32-12-14-33(15-13-32)27(35)17-21-6-9-23(10-7-21)34-28(36)24-11-8-22(29(37)38-3)18-25(24)31-30(34)39/h4-11,16,18H,12-15,17H2,1-3H3,(H,31,39). The Morgan fingerprint density at radius 1 is 0.949 bits per heavy atom. The van der Waals surface area contributed by atoms with Crippen molar-refractivity contribution in [2.45, 2.75) is 20.3 Å². The lowest BCUT2D eigenvalue weighted by atomic mass is 10.1. The van der Waals surface area contributed by atoms with Gasteiger partial charge in [0.1, 0.15) is 0 Å². The van der Waals surface area contributed by atoms with Gasteiger partial charge < -0.3 is 19.5 Å². The summed E-state index contributed by atoms with van der Waals surface area (Å²) in [5, 5.41) is 0.399. The predicted molar refractivity (Wildman–Crippen MR) is 154 cm³/mol. The first kappa shape index (κ1) is 26.4. The summed E-state index contributed by atoms with van der Waals surface area (Å²) in [5.74, 6) is -0.404. The Kier molecular flexibility index (Phi) is 7.34. The van der Waals surface area contributed by atoms with Gasteiger partial charge in [0.15, 0.2) is 4.77 Å². The first-order valence-corrected chi connectivity index (χ1v) is 13.2. The van der Waals surface area contributed by atoms with E-state index in [0.29, 0.717) is 41.7 Å². The van der Waals surface area contributed by atoms with Crippen LogP contribution in [0.4, 0.5) is 5.69 Å². The Balaban J connectivity index is 1.28. The molecule has 0 unspecified atom stereocenters. The Morgan fingerprint density at radius 3 is 2.36 bits per heavy atom. The normalized spacial score (nSPS) is 13.5. The van der Waals surface area contributed by atoms with Crippen molar-refractivity contribution >= 4 is 40.7 Å². The molecule has 200 valence electrons. The van der Waals surface area contributed by atoms with Crippen LogP contribution in [0.2, 0.25) is 0 Å². The van der Waals surface area contributed by atoms with Crippen LogP contribution in [0.3, 0.4) is 0 Å². The second kappa shape index (κ2) is 10.9. The average Bonchev–Trinajstić information content (AvgIpc) is 2.94. The molecule has 1 fully saturated rings. The molecule has 8 nitrogen and oxygen atoms in total. The van der Waals surface area contributed by atoms with Gasteiger partial charge in [-0.25, -0.2) is 4.79 Å². The molecule has 0 aliphatic carbocycles. The van der Waals surface area contributed by atoms with Gasteiger partial charge in [-0.2, -0.15) is 0 Å². The molecule has 2 heterocycles. The van der Waals surface area contributed by atoms with Crippen LogP contribution in [0.1, 0.15) is 27.0 Å². The van der Waals surface area contributed by atoms with Crippen molar-refractivity contribution < 1.29 is 14.3 Å². The molecular weight excluding hydrogens is 512 g/mol. The van der Waals surface area contributed by atoms with Crippen molar-refractivity contribution in [3.8, 4) is 5.69 Å². The maximum absolute atomic E-state index is 13.2. The second-order valence-electron chi connectivity index (χ2n) is 9.82. The summed E-state index contributed by atoms with van der Waals surface area (Å²) in [5.41, 5.74) is 5.68. The lowest BCUT2D eigenvalue weighted by Crippen LogP contribution is -2.49. The summed E-state index contributed by atoms with van der Waals surface area (Å²) in [6, 6.07) is 18.5. The number of ether oxygens (including phenoxy) is 1. The zero-order valence-electron chi connectivity index (χ0n) is 22.2. The first-order chi connectivity index (χ1) is 18.7. The summed E-state index contributed by atoms with van der Waals surface area (Å²) in [7, 11) is 1.30. The lowest BCUT2D eigenvalue weighted by molar-refractivity contribution is -0.130. The number of carbonyl (C=O) groups excluding carboxylic acids is 2. The number of carbonyl (C=O) groups is 2. The van der Waals surface area contributed by atoms with Gasteiger partial charge in [0, 0.05) is 31.9 Å². The lowest BCUT2D eigenvalue weighted by Gasteiger charge is -2.37. The van der Waals surface area contributed by atoms with E-state index in [2.05, 4.69) is 41.9 Å². The smallest absolute Gasteiger partial charge is 0.337 e. The highest BCUT2D eigenvalue weighted by molar-refractivity contribution is 7.71. The summed E-state index contributed by atoms with van der Waals surface area (Å²) in [6.07, 6.45) is 0.291. The van der Waals surface area contributed by atoms with Crippen LogP contribution in [-0.4, -0.2) is 59.6 Å². The molecule has 1 aliphatic heterocycles. The zero-order chi connectivity index (χ0) is 27.7. The molecule has 1 N–H and O–H groups in total. The molecule has 0 saturated carbocycles. The molecule has 5 rings (SSSR count). The topological polar surface area (TPSA) is 87.6 Å². The fraction of sp³-hybridized carbons (Fsp3) is 0.267. The summed E-state index contributed by atoms with van der Waals surface area (Å²) < 4.78 is 6.37. The number of aromatic nitrogens is 2. The maximum atomic E-state index is 13.2. The van der Waals surface area contributed by atoms with E-state index in [1.807, 2.05) is 17.0 Å². The van der Waals surface area contributed by atoms with Crippen LogP contribution in [-0.2, 0) is 16.0 Å². The highest BCUT2D eigenvalue weighted by Crippen LogP contribution is 2.23. The van der Waals surface area contributed by atoms with Gasteiger partial charge in [0.2, 0.25) is 5.91 Å². The van der Waals surface area contributed by atoms with E-state index in [9.17, 15) is 14.4 Å². The van der Waals surface area contributed by atoms with Gasteiger partial charge >= 0.3 is 5.97 Å². The van der Waals surface area contributed by atoms with Crippen LogP contribution in [0.25, 0.3) is 16.6 Å². The van der Waals surface area contributed by atoms with Crippen LogP contribution in [0, 0.1) is 18.6 Å². The van der Waals surface area contributed by atoms with Crippen molar-refractivity contribution in [2.75, 3.05) is 38.2 Å². The second-order valence-corrected chi connectivity index (χ2v) is 10.2. The number of benzene rings is 3. The van der Waals surface area contributed by atoms with E-state index in [1.165, 1.54) is 28.5 Å². The van der Waals surface area contributed by atoms with Gasteiger partial charge in [-0.15, -0.1) is 0 Å². The van der Waals surface area contributed by atoms with Gasteiger partial charge in [-0.3, -0.25) is 14.2 Å². The fourth-order valence-electron chi connectivity index (χ4n) is 5.00. The molecule has 0 radical (unpaired) electrons. The number of hydrogen-bond donors (Lipinski definition) is 1. The summed E-state index contributed by atoms with van der Waals surface area (Å²) in [6.45, 7) is 7.20. The van der Waals surface area contributed by atoms with Gasteiger partial charge in [0.05, 0.1) is 35.7 Å². The van der Waals surface area contributed by atoms with Crippen molar-refractivity contribution in [2.24, 2.45) is 0 Å². The van der Waals surface area contributed by atoms with E-state index >= 15 is 0 Å². The van der Waals surface area contributed by atoms with E-state index < -0.39 is 5.97 Å². The number of rotatable bonds is 5.